The van der Waals surface area contributed by atoms with Gasteiger partial charge in [0.15, 0.2) is 11.6 Å². The zero-order valence-electron chi connectivity index (χ0n) is 13.9. The Morgan fingerprint density at radius 1 is 1.38 bits per heavy atom. The zero-order chi connectivity index (χ0) is 15.6. The lowest BCUT2D eigenvalue weighted by molar-refractivity contribution is 0.371. The van der Waals surface area contributed by atoms with Gasteiger partial charge in [0.1, 0.15) is 0 Å². The number of anilines is 1. The van der Waals surface area contributed by atoms with E-state index in [2.05, 4.69) is 49.8 Å². The van der Waals surface area contributed by atoms with E-state index in [9.17, 15) is 4.39 Å². The molecule has 1 N–H and O–H groups in total. The van der Waals surface area contributed by atoms with Gasteiger partial charge in [0.25, 0.3) is 0 Å². The lowest BCUT2D eigenvalue weighted by atomic mass is 9.93. The van der Waals surface area contributed by atoms with Crippen LogP contribution in [0.2, 0.25) is 0 Å². The van der Waals surface area contributed by atoms with E-state index >= 15 is 0 Å². The van der Waals surface area contributed by atoms with Crippen molar-refractivity contribution in [2.75, 3.05) is 11.4 Å². The minimum Gasteiger partial charge on any atom is -0.351 e. The normalized spacial score (nSPS) is 23.4. The predicted octanol–water partition coefficient (Wildman–Crippen LogP) is 3.73. The van der Waals surface area contributed by atoms with Crippen LogP contribution in [0.15, 0.2) is 12.3 Å². The summed E-state index contributed by atoms with van der Waals surface area (Å²) in [5.74, 6) is 1.06. The number of hydrogen-bond donors (Lipinski definition) is 1. The van der Waals surface area contributed by atoms with Crippen LogP contribution in [0.3, 0.4) is 0 Å². The Kier molecular flexibility index (Phi) is 4.87. The van der Waals surface area contributed by atoms with Crippen LogP contribution in [0.4, 0.5) is 10.2 Å². The first-order valence-corrected chi connectivity index (χ1v) is 7.93. The highest BCUT2D eigenvalue weighted by atomic mass is 19.1. The zero-order valence-corrected chi connectivity index (χ0v) is 13.9. The van der Waals surface area contributed by atoms with Gasteiger partial charge in [0, 0.05) is 36.4 Å². The molecule has 118 valence electrons. The maximum Gasteiger partial charge on any atom is 0.170 e. The molecule has 2 atom stereocenters. The van der Waals surface area contributed by atoms with Crippen molar-refractivity contribution in [2.45, 2.75) is 65.6 Å². The molecule has 0 aliphatic carbocycles. The van der Waals surface area contributed by atoms with E-state index in [0.717, 1.165) is 19.4 Å². The highest BCUT2D eigenvalue weighted by Gasteiger charge is 2.26. The Bertz CT molecular complexity index is 481. The molecule has 1 aromatic heterocycles. The summed E-state index contributed by atoms with van der Waals surface area (Å²) in [4.78, 5) is 6.43. The number of rotatable bonds is 3. The van der Waals surface area contributed by atoms with E-state index in [0.29, 0.717) is 29.9 Å². The maximum absolute atomic E-state index is 14.8. The van der Waals surface area contributed by atoms with Crippen molar-refractivity contribution in [2.24, 2.45) is 5.92 Å². The van der Waals surface area contributed by atoms with Gasteiger partial charge in [0.2, 0.25) is 0 Å². The molecule has 1 aliphatic rings. The Morgan fingerprint density at radius 2 is 2.10 bits per heavy atom. The molecule has 0 bridgehead atoms. The number of nitrogens with zero attached hydrogens (tertiary/aromatic N) is 2. The van der Waals surface area contributed by atoms with Gasteiger partial charge in [0.05, 0.1) is 0 Å². The predicted molar refractivity (Wildman–Crippen MR) is 86.0 cm³/mol. The summed E-state index contributed by atoms with van der Waals surface area (Å²) in [6, 6.07) is 2.12. The molecule has 0 aromatic carbocycles. The minimum atomic E-state index is -0.171. The van der Waals surface area contributed by atoms with Gasteiger partial charge in [-0.3, -0.25) is 0 Å². The number of piperidine rings is 1. The molecule has 2 rings (SSSR count). The number of aromatic nitrogens is 1. The molecule has 4 heteroatoms. The molecule has 1 saturated heterocycles. The number of halogens is 1. The molecule has 0 saturated carbocycles. The molecule has 1 aromatic rings. The van der Waals surface area contributed by atoms with E-state index < -0.39 is 0 Å². The van der Waals surface area contributed by atoms with E-state index in [-0.39, 0.29) is 11.4 Å². The monoisotopic (exact) mass is 293 g/mol. The third-order valence-corrected chi connectivity index (χ3v) is 4.17. The Hall–Kier alpha value is -1.16. The molecule has 1 aliphatic heterocycles. The smallest absolute Gasteiger partial charge is 0.170 e. The highest BCUT2D eigenvalue weighted by molar-refractivity contribution is 5.44. The lowest BCUT2D eigenvalue weighted by Crippen LogP contribution is -2.41. The van der Waals surface area contributed by atoms with Crippen molar-refractivity contribution in [1.82, 2.24) is 10.3 Å². The standard InChI is InChI=1S/C17H28FN3/c1-12-7-9-21(13(2)10-12)16-15(18)14(6-8-19-16)11-20-17(3,4)5/h6,8,12-13,20H,7,9-11H2,1-5H3. The van der Waals surface area contributed by atoms with Crippen molar-refractivity contribution >= 4 is 5.82 Å². The topological polar surface area (TPSA) is 28.2 Å². The summed E-state index contributed by atoms with van der Waals surface area (Å²) >= 11 is 0. The second-order valence-corrected chi connectivity index (χ2v) is 7.38. The number of nitrogens with one attached hydrogen (secondary N) is 1. The van der Waals surface area contributed by atoms with Crippen molar-refractivity contribution in [3.05, 3.63) is 23.6 Å². The third-order valence-electron chi connectivity index (χ3n) is 4.17. The SMILES string of the molecule is CC1CCN(c2nccc(CNC(C)(C)C)c2F)C(C)C1. The number of pyridine rings is 1. The molecular weight excluding hydrogens is 265 g/mol. The second kappa shape index (κ2) is 6.30. The quantitative estimate of drug-likeness (QED) is 0.920. The molecule has 0 spiro atoms. The fourth-order valence-electron chi connectivity index (χ4n) is 2.89. The van der Waals surface area contributed by atoms with Crippen molar-refractivity contribution in [3.63, 3.8) is 0 Å². The summed E-state index contributed by atoms with van der Waals surface area (Å²) in [5.41, 5.74) is 0.671. The summed E-state index contributed by atoms with van der Waals surface area (Å²) < 4.78 is 14.8. The van der Waals surface area contributed by atoms with Gasteiger partial charge in [-0.15, -0.1) is 0 Å². The van der Waals surface area contributed by atoms with Crippen LogP contribution in [0, 0.1) is 11.7 Å². The summed E-state index contributed by atoms with van der Waals surface area (Å²) in [5, 5.41) is 3.34. The average molecular weight is 293 g/mol. The summed E-state index contributed by atoms with van der Waals surface area (Å²) in [6.45, 7) is 12.1. The van der Waals surface area contributed by atoms with E-state index in [1.165, 1.54) is 0 Å². The molecule has 2 unspecified atom stereocenters. The Labute approximate surface area is 127 Å². The van der Waals surface area contributed by atoms with Crippen LogP contribution in [0.5, 0.6) is 0 Å². The van der Waals surface area contributed by atoms with Gasteiger partial charge in [-0.05, 0) is 52.5 Å². The summed E-state index contributed by atoms with van der Waals surface area (Å²) in [7, 11) is 0. The molecule has 2 heterocycles. The van der Waals surface area contributed by atoms with Gasteiger partial charge in [-0.2, -0.15) is 0 Å². The van der Waals surface area contributed by atoms with Crippen LogP contribution in [-0.2, 0) is 6.54 Å². The van der Waals surface area contributed by atoms with E-state index in [1.54, 1.807) is 12.3 Å². The van der Waals surface area contributed by atoms with Gasteiger partial charge in [-0.1, -0.05) is 6.92 Å². The van der Waals surface area contributed by atoms with E-state index in [4.69, 9.17) is 0 Å². The largest absolute Gasteiger partial charge is 0.351 e. The van der Waals surface area contributed by atoms with Gasteiger partial charge < -0.3 is 10.2 Å². The molecule has 0 amide bonds. The van der Waals surface area contributed by atoms with Crippen LogP contribution >= 0.6 is 0 Å². The van der Waals surface area contributed by atoms with Crippen LogP contribution in [0.25, 0.3) is 0 Å². The maximum atomic E-state index is 14.8. The number of hydrogen-bond acceptors (Lipinski definition) is 3. The molecule has 1 fully saturated rings. The minimum absolute atomic E-state index is 0.0241. The Morgan fingerprint density at radius 3 is 2.71 bits per heavy atom. The first-order valence-electron chi connectivity index (χ1n) is 7.93. The molecule has 0 radical (unpaired) electrons. The van der Waals surface area contributed by atoms with E-state index in [1.807, 2.05) is 0 Å². The second-order valence-electron chi connectivity index (χ2n) is 7.38. The Balaban J connectivity index is 2.17. The molecule has 3 nitrogen and oxygen atoms in total. The first-order chi connectivity index (χ1) is 9.78. The fourth-order valence-corrected chi connectivity index (χ4v) is 2.89. The van der Waals surface area contributed by atoms with Crippen molar-refractivity contribution < 1.29 is 4.39 Å². The third kappa shape index (κ3) is 4.16. The first kappa shape index (κ1) is 16.2. The molecular formula is C17H28FN3. The lowest BCUT2D eigenvalue weighted by Gasteiger charge is -2.37. The van der Waals surface area contributed by atoms with Crippen LogP contribution in [0.1, 0.15) is 53.0 Å². The average Bonchev–Trinajstić information content (AvgIpc) is 2.37. The fraction of sp³-hybridized carbons (Fsp3) is 0.706. The highest BCUT2D eigenvalue weighted by Crippen LogP contribution is 2.29. The van der Waals surface area contributed by atoms with Crippen molar-refractivity contribution in [1.29, 1.82) is 0 Å². The summed E-state index contributed by atoms with van der Waals surface area (Å²) in [6.07, 6.45) is 3.93. The van der Waals surface area contributed by atoms with Crippen LogP contribution in [-0.4, -0.2) is 23.1 Å². The van der Waals surface area contributed by atoms with Gasteiger partial charge >= 0.3 is 0 Å². The van der Waals surface area contributed by atoms with Crippen LogP contribution < -0.4 is 10.2 Å². The molecule has 21 heavy (non-hydrogen) atoms. The van der Waals surface area contributed by atoms with Gasteiger partial charge in [-0.25, -0.2) is 9.37 Å². The van der Waals surface area contributed by atoms with Crippen molar-refractivity contribution in [3.8, 4) is 0 Å².